The molecule has 8 nitrogen and oxygen atoms in total. The van der Waals surface area contributed by atoms with Crippen molar-refractivity contribution in [2.75, 3.05) is 17.2 Å². The molecule has 6 rings (SSSR count). The van der Waals surface area contributed by atoms with Crippen molar-refractivity contribution < 1.29 is 9.53 Å². The molecule has 0 aliphatic carbocycles. The van der Waals surface area contributed by atoms with Gasteiger partial charge in [0.15, 0.2) is 0 Å². The lowest BCUT2D eigenvalue weighted by Crippen LogP contribution is -2.21. The van der Waals surface area contributed by atoms with Gasteiger partial charge in [-0.1, -0.05) is 100.0 Å². The molecule has 0 aliphatic heterocycles. The molecule has 0 saturated carbocycles. The summed E-state index contributed by atoms with van der Waals surface area (Å²) >= 11 is 0. The first-order valence-corrected chi connectivity index (χ1v) is 16.4. The van der Waals surface area contributed by atoms with Gasteiger partial charge in [0.25, 0.3) is 0 Å². The molecule has 2 N–H and O–H groups in total. The van der Waals surface area contributed by atoms with Gasteiger partial charge >= 0.3 is 6.03 Å². The van der Waals surface area contributed by atoms with E-state index in [-0.39, 0.29) is 11.4 Å². The number of urea groups is 1. The Hall–Kier alpha value is -5.50. The molecule has 0 spiro atoms. The van der Waals surface area contributed by atoms with Crippen LogP contribution >= 0.6 is 0 Å². The fraction of sp³-hybridized carbons (Fsp3) is 0.250. The van der Waals surface area contributed by atoms with Crippen LogP contribution in [0.15, 0.2) is 109 Å². The first-order valence-electron chi connectivity index (χ1n) is 16.4. The molecule has 6 aromatic rings. The molecule has 0 aliphatic rings. The average molecular weight is 639 g/mol. The maximum Gasteiger partial charge on any atom is 0.324 e. The van der Waals surface area contributed by atoms with E-state index < -0.39 is 0 Å². The number of aromatic nitrogens is 4. The average Bonchev–Trinajstić information content (AvgIpc) is 3.51. The topological polar surface area (TPSA) is 94.0 Å². The third kappa shape index (κ3) is 7.72. The number of carbonyl (C=O) groups excluding carboxylic acids is 1. The number of nitrogens with zero attached hydrogens (tertiary/aromatic N) is 4. The Morgan fingerprint density at radius 2 is 1.60 bits per heavy atom. The Morgan fingerprint density at radius 1 is 0.875 bits per heavy atom. The molecule has 2 amide bonds. The van der Waals surface area contributed by atoms with Crippen LogP contribution in [-0.4, -0.2) is 32.4 Å². The molecule has 244 valence electrons. The van der Waals surface area contributed by atoms with Gasteiger partial charge in [-0.05, 0) is 48.7 Å². The highest BCUT2D eigenvalue weighted by Crippen LogP contribution is 2.32. The summed E-state index contributed by atoms with van der Waals surface area (Å²) in [5.74, 6) is 2.50. The van der Waals surface area contributed by atoms with E-state index in [1.165, 1.54) is 5.56 Å². The summed E-state index contributed by atoms with van der Waals surface area (Å²) in [7, 11) is 0. The van der Waals surface area contributed by atoms with Crippen LogP contribution in [0.5, 0.6) is 5.75 Å². The first-order chi connectivity index (χ1) is 23.1. The molecule has 2 heterocycles. The summed E-state index contributed by atoms with van der Waals surface area (Å²) in [5.41, 5.74) is 5.62. The van der Waals surface area contributed by atoms with Crippen LogP contribution in [0.4, 0.5) is 16.3 Å². The summed E-state index contributed by atoms with van der Waals surface area (Å²) in [6, 6.07) is 33.7. The molecule has 0 radical (unpaired) electrons. The van der Waals surface area contributed by atoms with Gasteiger partial charge in [0.05, 0.1) is 23.7 Å². The summed E-state index contributed by atoms with van der Waals surface area (Å²) in [5, 5.41) is 12.7. The number of hydrogen-bond donors (Lipinski definition) is 2. The maximum absolute atomic E-state index is 13.4. The molecule has 0 saturated heterocycles. The SMILES string of the molecule is Cc1ccc(-n2nc(C(C)(C)C)cc2NC(=O)Nc2ccc(OCCc3ccnc(CC(C)c4ccccc4)n3)c3ccccc23)cc1. The minimum Gasteiger partial charge on any atom is -0.493 e. The highest BCUT2D eigenvalue weighted by molar-refractivity contribution is 6.07. The number of anilines is 2. The molecule has 0 fully saturated rings. The van der Waals surface area contributed by atoms with Gasteiger partial charge in [-0.15, -0.1) is 0 Å². The predicted molar refractivity (Wildman–Crippen MR) is 193 cm³/mol. The number of rotatable bonds is 10. The lowest BCUT2D eigenvalue weighted by atomic mass is 9.92. The van der Waals surface area contributed by atoms with Crippen molar-refractivity contribution in [1.29, 1.82) is 0 Å². The van der Waals surface area contributed by atoms with Crippen molar-refractivity contribution >= 4 is 28.3 Å². The second-order valence-electron chi connectivity index (χ2n) is 13.2. The number of amides is 2. The van der Waals surface area contributed by atoms with Crippen molar-refractivity contribution in [3.8, 4) is 11.4 Å². The first kappa shape index (κ1) is 32.4. The number of aryl methyl sites for hydroxylation is 1. The largest absolute Gasteiger partial charge is 0.493 e. The van der Waals surface area contributed by atoms with Gasteiger partial charge in [0, 0.05) is 47.0 Å². The number of hydrogen-bond acceptors (Lipinski definition) is 5. The lowest BCUT2D eigenvalue weighted by Gasteiger charge is -2.15. The summed E-state index contributed by atoms with van der Waals surface area (Å²) in [4.78, 5) is 22.7. The molecular weight excluding hydrogens is 596 g/mol. The highest BCUT2D eigenvalue weighted by Gasteiger charge is 2.22. The summed E-state index contributed by atoms with van der Waals surface area (Å²) < 4.78 is 8.05. The second-order valence-corrected chi connectivity index (χ2v) is 13.2. The van der Waals surface area contributed by atoms with Crippen LogP contribution in [0.2, 0.25) is 0 Å². The smallest absolute Gasteiger partial charge is 0.324 e. The van der Waals surface area contributed by atoms with E-state index in [0.717, 1.165) is 51.4 Å². The molecule has 0 bridgehead atoms. The lowest BCUT2D eigenvalue weighted by molar-refractivity contribution is 0.262. The van der Waals surface area contributed by atoms with Crippen LogP contribution in [0.1, 0.15) is 62.0 Å². The van der Waals surface area contributed by atoms with E-state index in [0.29, 0.717) is 30.5 Å². The maximum atomic E-state index is 13.4. The van der Waals surface area contributed by atoms with Crippen LogP contribution in [0.25, 0.3) is 16.5 Å². The molecule has 1 unspecified atom stereocenters. The quantitative estimate of drug-likeness (QED) is 0.156. The van der Waals surface area contributed by atoms with Gasteiger partial charge < -0.3 is 10.1 Å². The number of nitrogens with one attached hydrogen (secondary N) is 2. The Morgan fingerprint density at radius 3 is 2.35 bits per heavy atom. The minimum atomic E-state index is -0.358. The van der Waals surface area contributed by atoms with E-state index in [1.807, 2.05) is 92.0 Å². The zero-order valence-electron chi connectivity index (χ0n) is 28.2. The van der Waals surface area contributed by atoms with Crippen molar-refractivity contribution in [3.05, 3.63) is 138 Å². The van der Waals surface area contributed by atoms with Gasteiger partial charge in [0.1, 0.15) is 17.4 Å². The van der Waals surface area contributed by atoms with E-state index >= 15 is 0 Å². The third-order valence-electron chi connectivity index (χ3n) is 8.37. The van der Waals surface area contributed by atoms with Gasteiger partial charge in [0.2, 0.25) is 0 Å². The molecule has 48 heavy (non-hydrogen) atoms. The van der Waals surface area contributed by atoms with Crippen molar-refractivity contribution in [3.63, 3.8) is 0 Å². The molecule has 2 aromatic heterocycles. The Balaban J connectivity index is 1.13. The Bertz CT molecular complexity index is 2010. The fourth-order valence-corrected chi connectivity index (χ4v) is 5.61. The van der Waals surface area contributed by atoms with Crippen LogP contribution < -0.4 is 15.4 Å². The van der Waals surface area contributed by atoms with E-state index in [9.17, 15) is 4.79 Å². The van der Waals surface area contributed by atoms with Gasteiger partial charge in [-0.2, -0.15) is 5.10 Å². The third-order valence-corrected chi connectivity index (χ3v) is 8.37. The standard InChI is InChI=1S/C40H42N6O2/c1-27-15-17-31(18-16-27)46-38(26-36(45-46)40(3,4)5)44-39(47)43-34-19-20-35(33-14-10-9-13-32(33)34)48-24-22-30-21-23-41-37(42-30)25-28(2)29-11-7-6-8-12-29/h6-21,23,26,28H,22,24-25H2,1-5H3,(H2,43,44,47). The number of ether oxygens (including phenoxy) is 1. The molecule has 8 heteroatoms. The van der Waals surface area contributed by atoms with Gasteiger partial charge in [-0.25, -0.2) is 19.4 Å². The predicted octanol–water partition coefficient (Wildman–Crippen LogP) is 9.03. The van der Waals surface area contributed by atoms with Crippen molar-refractivity contribution in [2.24, 2.45) is 0 Å². The second kappa shape index (κ2) is 14.1. The van der Waals surface area contributed by atoms with Crippen LogP contribution in [0, 0.1) is 6.92 Å². The highest BCUT2D eigenvalue weighted by atomic mass is 16.5. The molecule has 4 aromatic carbocycles. The van der Waals surface area contributed by atoms with E-state index in [4.69, 9.17) is 14.8 Å². The van der Waals surface area contributed by atoms with Crippen molar-refractivity contribution in [2.45, 2.75) is 58.8 Å². The zero-order chi connectivity index (χ0) is 33.7. The molecular formula is C40H42N6O2. The minimum absolute atomic E-state index is 0.189. The summed E-state index contributed by atoms with van der Waals surface area (Å²) in [6.45, 7) is 11.0. The number of carbonyl (C=O) groups is 1. The van der Waals surface area contributed by atoms with E-state index in [2.05, 4.69) is 67.6 Å². The number of benzene rings is 4. The van der Waals surface area contributed by atoms with Crippen LogP contribution in [-0.2, 0) is 18.3 Å². The number of fused-ring (bicyclic) bond motifs is 1. The molecule has 1 atom stereocenters. The normalized spacial score (nSPS) is 12.1. The van der Waals surface area contributed by atoms with Crippen LogP contribution in [0.3, 0.4) is 0 Å². The van der Waals surface area contributed by atoms with Gasteiger partial charge in [-0.3, -0.25) is 5.32 Å². The van der Waals surface area contributed by atoms with Crippen molar-refractivity contribution in [1.82, 2.24) is 19.7 Å². The van der Waals surface area contributed by atoms with E-state index in [1.54, 1.807) is 4.68 Å². The Kier molecular flexibility index (Phi) is 9.52. The zero-order valence-corrected chi connectivity index (χ0v) is 28.2. The fourth-order valence-electron chi connectivity index (χ4n) is 5.61. The monoisotopic (exact) mass is 638 g/mol. The summed E-state index contributed by atoms with van der Waals surface area (Å²) in [6.07, 6.45) is 3.25. The Labute approximate surface area is 282 Å².